The molecular weight excluding hydrogens is 304 g/mol. The number of methoxy groups -OCH3 is 1. The van der Waals surface area contributed by atoms with Crippen LogP contribution in [0.1, 0.15) is 22.6 Å². The minimum Gasteiger partial charge on any atom is -0.497 e. The van der Waals surface area contributed by atoms with Crippen molar-refractivity contribution in [3.63, 3.8) is 0 Å². The zero-order valence-electron chi connectivity index (χ0n) is 13.6. The van der Waals surface area contributed by atoms with Gasteiger partial charge in [0.2, 0.25) is 0 Å². The van der Waals surface area contributed by atoms with Crippen LogP contribution in [0.3, 0.4) is 0 Å². The third-order valence-electron chi connectivity index (χ3n) is 4.36. The molecule has 3 atom stereocenters. The van der Waals surface area contributed by atoms with E-state index in [-0.39, 0.29) is 12.5 Å². The number of benzene rings is 2. The molecule has 3 rings (SSSR count). The van der Waals surface area contributed by atoms with E-state index in [2.05, 4.69) is 0 Å². The first-order chi connectivity index (χ1) is 11.7. The summed E-state index contributed by atoms with van der Waals surface area (Å²) in [6.45, 7) is 0.0652. The molecule has 0 aromatic heterocycles. The van der Waals surface area contributed by atoms with Crippen molar-refractivity contribution in [3.8, 4) is 5.75 Å². The van der Waals surface area contributed by atoms with Crippen molar-refractivity contribution in [2.45, 2.75) is 24.7 Å². The van der Waals surface area contributed by atoms with Crippen LogP contribution in [0.4, 0.5) is 0 Å². The number of hydrogen-bond acceptors (Lipinski definition) is 4. The van der Waals surface area contributed by atoms with Gasteiger partial charge in [0, 0.05) is 5.92 Å². The SMILES string of the molecule is COc1ccc2c(c1)CO[C@H]([C@H](O)CO)[C@H]2/C=C/c1ccccc1. The smallest absolute Gasteiger partial charge is 0.119 e. The number of rotatable bonds is 5. The lowest BCUT2D eigenvalue weighted by molar-refractivity contribution is -0.0787. The molecule has 4 nitrogen and oxygen atoms in total. The maximum Gasteiger partial charge on any atom is 0.119 e. The normalized spacial score (nSPS) is 21.5. The molecule has 0 radical (unpaired) electrons. The first-order valence-corrected chi connectivity index (χ1v) is 8.03. The number of fused-ring (bicyclic) bond motifs is 1. The molecule has 2 aromatic carbocycles. The van der Waals surface area contributed by atoms with E-state index in [0.29, 0.717) is 6.61 Å². The quantitative estimate of drug-likeness (QED) is 0.887. The number of ether oxygens (including phenoxy) is 2. The Labute approximate surface area is 142 Å². The Bertz CT molecular complexity index is 696. The molecule has 0 unspecified atom stereocenters. The number of hydrogen-bond donors (Lipinski definition) is 2. The Morgan fingerprint density at radius 1 is 1.25 bits per heavy atom. The zero-order chi connectivity index (χ0) is 16.9. The van der Waals surface area contributed by atoms with Gasteiger partial charge in [0.25, 0.3) is 0 Å². The molecule has 0 aliphatic carbocycles. The van der Waals surface area contributed by atoms with E-state index in [9.17, 15) is 10.2 Å². The summed E-state index contributed by atoms with van der Waals surface area (Å²) in [5.74, 6) is 0.645. The van der Waals surface area contributed by atoms with Gasteiger partial charge in [0.15, 0.2) is 0 Å². The summed E-state index contributed by atoms with van der Waals surface area (Å²) in [7, 11) is 1.64. The van der Waals surface area contributed by atoms with Crippen molar-refractivity contribution in [3.05, 3.63) is 71.3 Å². The molecule has 1 aliphatic rings. The Morgan fingerprint density at radius 3 is 2.75 bits per heavy atom. The summed E-state index contributed by atoms with van der Waals surface area (Å²) in [5, 5.41) is 19.5. The van der Waals surface area contributed by atoms with Crippen LogP contribution in [0, 0.1) is 0 Å². The van der Waals surface area contributed by atoms with E-state index in [0.717, 1.165) is 22.4 Å². The van der Waals surface area contributed by atoms with Gasteiger partial charge in [-0.15, -0.1) is 0 Å². The van der Waals surface area contributed by atoms with Crippen LogP contribution in [0.25, 0.3) is 6.08 Å². The molecule has 1 heterocycles. The van der Waals surface area contributed by atoms with Gasteiger partial charge in [-0.3, -0.25) is 0 Å². The number of aliphatic hydroxyl groups is 2. The average Bonchev–Trinajstić information content (AvgIpc) is 2.65. The molecule has 0 bridgehead atoms. The van der Waals surface area contributed by atoms with Crippen LogP contribution in [-0.2, 0) is 11.3 Å². The van der Waals surface area contributed by atoms with Gasteiger partial charge in [-0.2, -0.15) is 0 Å². The molecule has 4 heteroatoms. The summed E-state index contributed by atoms with van der Waals surface area (Å²) in [4.78, 5) is 0. The van der Waals surface area contributed by atoms with Crippen molar-refractivity contribution >= 4 is 6.08 Å². The molecule has 1 aliphatic heterocycles. The van der Waals surface area contributed by atoms with Gasteiger partial charge >= 0.3 is 0 Å². The molecule has 0 saturated carbocycles. The first kappa shape index (κ1) is 16.7. The van der Waals surface area contributed by atoms with Gasteiger partial charge < -0.3 is 19.7 Å². The monoisotopic (exact) mass is 326 g/mol. The maximum atomic E-state index is 10.1. The molecule has 2 N–H and O–H groups in total. The van der Waals surface area contributed by atoms with E-state index < -0.39 is 12.2 Å². The lowest BCUT2D eigenvalue weighted by Gasteiger charge is -2.34. The average molecular weight is 326 g/mol. The largest absolute Gasteiger partial charge is 0.497 e. The van der Waals surface area contributed by atoms with E-state index in [4.69, 9.17) is 9.47 Å². The highest BCUT2D eigenvalue weighted by Gasteiger charge is 2.33. The maximum absolute atomic E-state index is 10.1. The molecular formula is C20H22O4. The van der Waals surface area contributed by atoms with Crippen LogP contribution >= 0.6 is 0 Å². The molecule has 126 valence electrons. The Kier molecular flexibility index (Phi) is 5.30. The predicted octanol–water partition coefficient (Wildman–Crippen LogP) is 2.74. The fraction of sp³-hybridized carbons (Fsp3) is 0.300. The van der Waals surface area contributed by atoms with Crippen molar-refractivity contribution in [1.82, 2.24) is 0 Å². The lowest BCUT2D eigenvalue weighted by atomic mass is 9.84. The summed E-state index contributed by atoms with van der Waals surface area (Å²) >= 11 is 0. The third kappa shape index (κ3) is 3.51. The second-order valence-corrected chi connectivity index (χ2v) is 5.89. The van der Waals surface area contributed by atoms with Gasteiger partial charge in [-0.25, -0.2) is 0 Å². The molecule has 2 aromatic rings. The van der Waals surface area contributed by atoms with Gasteiger partial charge in [-0.1, -0.05) is 48.6 Å². The summed E-state index contributed by atoms with van der Waals surface area (Å²) in [5.41, 5.74) is 3.21. The first-order valence-electron chi connectivity index (χ1n) is 8.03. The van der Waals surface area contributed by atoms with E-state index in [1.807, 2.05) is 60.7 Å². The van der Waals surface area contributed by atoms with Crippen molar-refractivity contribution in [2.24, 2.45) is 0 Å². The molecule has 0 fully saturated rings. The number of aliphatic hydroxyl groups excluding tert-OH is 2. The van der Waals surface area contributed by atoms with E-state index in [1.165, 1.54) is 0 Å². The second kappa shape index (κ2) is 7.62. The zero-order valence-corrected chi connectivity index (χ0v) is 13.6. The molecule has 0 amide bonds. The minimum absolute atomic E-state index is 0.137. The summed E-state index contributed by atoms with van der Waals surface area (Å²) in [6.07, 6.45) is 2.65. The molecule has 0 saturated heterocycles. The van der Waals surface area contributed by atoms with Crippen LogP contribution in [-0.4, -0.2) is 36.1 Å². The lowest BCUT2D eigenvalue weighted by Crippen LogP contribution is -2.39. The van der Waals surface area contributed by atoms with Crippen molar-refractivity contribution in [2.75, 3.05) is 13.7 Å². The highest BCUT2D eigenvalue weighted by molar-refractivity contribution is 5.52. The standard InChI is InChI=1S/C20H22O4/c1-23-16-8-10-17-15(11-16)13-24-20(19(22)12-21)18(17)9-7-14-5-3-2-4-6-14/h2-11,18-22H,12-13H2,1H3/b9-7+/t18-,19+,20-/m0/s1. The van der Waals surface area contributed by atoms with Crippen LogP contribution in [0.15, 0.2) is 54.6 Å². The van der Waals surface area contributed by atoms with Gasteiger partial charge in [0.05, 0.1) is 26.4 Å². The van der Waals surface area contributed by atoms with Crippen molar-refractivity contribution < 1.29 is 19.7 Å². The van der Waals surface area contributed by atoms with Crippen LogP contribution < -0.4 is 4.74 Å². The second-order valence-electron chi connectivity index (χ2n) is 5.89. The molecule has 24 heavy (non-hydrogen) atoms. The Balaban J connectivity index is 1.95. The molecule has 0 spiro atoms. The highest BCUT2D eigenvalue weighted by Crippen LogP contribution is 2.36. The van der Waals surface area contributed by atoms with E-state index in [1.54, 1.807) is 7.11 Å². The van der Waals surface area contributed by atoms with Gasteiger partial charge in [0.1, 0.15) is 11.9 Å². The topological polar surface area (TPSA) is 58.9 Å². The van der Waals surface area contributed by atoms with Crippen molar-refractivity contribution in [1.29, 1.82) is 0 Å². The third-order valence-corrected chi connectivity index (χ3v) is 4.36. The Morgan fingerprint density at radius 2 is 2.04 bits per heavy atom. The Hall–Kier alpha value is -2.14. The van der Waals surface area contributed by atoms with Crippen LogP contribution in [0.2, 0.25) is 0 Å². The van der Waals surface area contributed by atoms with Gasteiger partial charge in [-0.05, 0) is 28.8 Å². The highest BCUT2D eigenvalue weighted by atomic mass is 16.5. The summed E-state index contributed by atoms with van der Waals surface area (Å²) < 4.78 is 11.1. The fourth-order valence-corrected chi connectivity index (χ4v) is 3.07. The fourth-order valence-electron chi connectivity index (χ4n) is 3.07. The predicted molar refractivity (Wildman–Crippen MR) is 92.9 cm³/mol. The van der Waals surface area contributed by atoms with Crippen LogP contribution in [0.5, 0.6) is 5.75 Å². The van der Waals surface area contributed by atoms with E-state index >= 15 is 0 Å². The minimum atomic E-state index is -0.925. The summed E-state index contributed by atoms with van der Waals surface area (Å²) in [6, 6.07) is 15.9.